The van der Waals surface area contributed by atoms with Gasteiger partial charge < -0.3 is 4.74 Å². The molecule has 0 spiro atoms. The predicted octanol–water partition coefficient (Wildman–Crippen LogP) is 2.62. The molecule has 0 aliphatic rings. The topological polar surface area (TPSA) is 69.7 Å². The molecule has 0 bridgehead atoms. The molecule has 0 fully saturated rings. The summed E-state index contributed by atoms with van der Waals surface area (Å²) in [6.07, 6.45) is 0. The van der Waals surface area contributed by atoms with Crippen molar-refractivity contribution in [3.8, 4) is 11.1 Å². The van der Waals surface area contributed by atoms with Gasteiger partial charge >= 0.3 is 5.97 Å². The van der Waals surface area contributed by atoms with E-state index in [-0.39, 0.29) is 11.5 Å². The Kier molecular flexibility index (Phi) is 5.30. The van der Waals surface area contributed by atoms with Gasteiger partial charge in [-0.05, 0) is 30.2 Å². The summed E-state index contributed by atoms with van der Waals surface area (Å²) in [5.74, 6) is -0.716. The fraction of sp³-hybridized carbons (Fsp3) is 0.188. The van der Waals surface area contributed by atoms with Crippen molar-refractivity contribution in [2.24, 2.45) is 0 Å². The number of rotatable bonds is 6. The standard InChI is InChI=1S/C16H16O5S/c1-2-20-16(17)12-21-22(18,19)15-10-8-14(9-11-15)13-6-4-3-5-7-13/h3-11H,2,12H2,1H3. The molecule has 0 aromatic heterocycles. The molecule has 22 heavy (non-hydrogen) atoms. The van der Waals surface area contributed by atoms with Gasteiger partial charge in [-0.15, -0.1) is 0 Å². The number of carbonyl (C=O) groups excluding carboxylic acids is 1. The lowest BCUT2D eigenvalue weighted by molar-refractivity contribution is -0.145. The average molecular weight is 320 g/mol. The van der Waals surface area contributed by atoms with Gasteiger partial charge in [0.1, 0.15) is 0 Å². The van der Waals surface area contributed by atoms with E-state index in [0.29, 0.717) is 0 Å². The molecule has 0 saturated carbocycles. The van der Waals surface area contributed by atoms with Gasteiger partial charge in [0.2, 0.25) is 0 Å². The lowest BCUT2D eigenvalue weighted by atomic mass is 10.1. The van der Waals surface area contributed by atoms with Crippen LogP contribution in [0.4, 0.5) is 0 Å². The molecule has 2 rings (SSSR count). The molecular weight excluding hydrogens is 304 g/mol. The largest absolute Gasteiger partial charge is 0.464 e. The highest BCUT2D eigenvalue weighted by molar-refractivity contribution is 7.86. The van der Waals surface area contributed by atoms with E-state index in [2.05, 4.69) is 8.92 Å². The summed E-state index contributed by atoms with van der Waals surface area (Å²) in [5, 5.41) is 0. The van der Waals surface area contributed by atoms with Gasteiger partial charge in [-0.1, -0.05) is 42.5 Å². The number of hydrogen-bond acceptors (Lipinski definition) is 5. The summed E-state index contributed by atoms with van der Waals surface area (Å²) in [4.78, 5) is 11.1. The summed E-state index contributed by atoms with van der Waals surface area (Å²) < 4.78 is 33.2. The van der Waals surface area contributed by atoms with Crippen LogP contribution in [0.2, 0.25) is 0 Å². The highest BCUT2D eigenvalue weighted by Gasteiger charge is 2.17. The molecular formula is C16H16O5S. The normalized spacial score (nSPS) is 11.1. The maximum Gasteiger partial charge on any atom is 0.333 e. The van der Waals surface area contributed by atoms with Crippen molar-refractivity contribution in [1.29, 1.82) is 0 Å². The third-order valence-corrected chi connectivity index (χ3v) is 4.17. The minimum absolute atomic E-state index is 0.00326. The number of carbonyl (C=O) groups is 1. The van der Waals surface area contributed by atoms with E-state index < -0.39 is 22.7 Å². The molecule has 0 N–H and O–H groups in total. The van der Waals surface area contributed by atoms with Gasteiger partial charge in [0.05, 0.1) is 11.5 Å². The van der Waals surface area contributed by atoms with Crippen LogP contribution < -0.4 is 0 Å². The molecule has 6 heteroatoms. The molecule has 116 valence electrons. The minimum atomic E-state index is -3.97. The summed E-state index contributed by atoms with van der Waals surface area (Å²) in [5.41, 5.74) is 1.88. The lowest BCUT2D eigenvalue weighted by Gasteiger charge is -2.07. The van der Waals surface area contributed by atoms with E-state index in [9.17, 15) is 13.2 Å². The maximum atomic E-state index is 12.0. The highest BCUT2D eigenvalue weighted by Crippen LogP contribution is 2.21. The number of esters is 1. The predicted molar refractivity (Wildman–Crippen MR) is 81.6 cm³/mol. The molecule has 5 nitrogen and oxygen atoms in total. The average Bonchev–Trinajstić information content (AvgIpc) is 2.54. The number of hydrogen-bond donors (Lipinski definition) is 0. The van der Waals surface area contributed by atoms with E-state index in [1.165, 1.54) is 12.1 Å². The van der Waals surface area contributed by atoms with Crippen LogP contribution >= 0.6 is 0 Å². The Balaban J connectivity index is 2.11. The van der Waals surface area contributed by atoms with Crippen LogP contribution in [0, 0.1) is 0 Å². The zero-order chi connectivity index (χ0) is 16.0. The second kappa shape index (κ2) is 7.20. The van der Waals surface area contributed by atoms with E-state index in [4.69, 9.17) is 0 Å². The van der Waals surface area contributed by atoms with Gasteiger partial charge in [-0.25, -0.2) is 4.79 Å². The van der Waals surface area contributed by atoms with Gasteiger partial charge in [-0.2, -0.15) is 8.42 Å². The van der Waals surface area contributed by atoms with Gasteiger partial charge in [0.25, 0.3) is 10.1 Å². The third-order valence-electron chi connectivity index (χ3n) is 2.89. The van der Waals surface area contributed by atoms with Crippen LogP contribution in [0.5, 0.6) is 0 Å². The first kappa shape index (κ1) is 16.2. The number of benzene rings is 2. The van der Waals surface area contributed by atoms with Gasteiger partial charge in [0.15, 0.2) is 6.61 Å². The molecule has 0 heterocycles. The SMILES string of the molecule is CCOC(=O)COS(=O)(=O)c1ccc(-c2ccccc2)cc1. The van der Waals surface area contributed by atoms with E-state index >= 15 is 0 Å². The van der Waals surface area contributed by atoms with Crippen molar-refractivity contribution in [1.82, 2.24) is 0 Å². The lowest BCUT2D eigenvalue weighted by Crippen LogP contribution is -2.16. The minimum Gasteiger partial charge on any atom is -0.464 e. The zero-order valence-corrected chi connectivity index (χ0v) is 12.9. The Hall–Kier alpha value is -2.18. The van der Waals surface area contributed by atoms with E-state index in [1.807, 2.05) is 30.3 Å². The van der Waals surface area contributed by atoms with Crippen LogP contribution in [0.1, 0.15) is 6.92 Å². The van der Waals surface area contributed by atoms with Crippen LogP contribution in [0.15, 0.2) is 59.5 Å². The van der Waals surface area contributed by atoms with Crippen molar-refractivity contribution in [2.75, 3.05) is 13.2 Å². The van der Waals surface area contributed by atoms with Crippen molar-refractivity contribution >= 4 is 16.1 Å². The third kappa shape index (κ3) is 4.16. The number of ether oxygens (including phenoxy) is 1. The summed E-state index contributed by atoms with van der Waals surface area (Å²) in [6.45, 7) is 1.18. The van der Waals surface area contributed by atoms with E-state index in [1.54, 1.807) is 19.1 Å². The Morgan fingerprint density at radius 3 is 2.14 bits per heavy atom. The quantitative estimate of drug-likeness (QED) is 0.604. The highest BCUT2D eigenvalue weighted by atomic mass is 32.2. The molecule has 2 aromatic carbocycles. The fourth-order valence-corrected chi connectivity index (χ4v) is 2.70. The van der Waals surface area contributed by atoms with Crippen LogP contribution in [0.25, 0.3) is 11.1 Å². The van der Waals surface area contributed by atoms with Crippen molar-refractivity contribution in [3.63, 3.8) is 0 Å². The smallest absolute Gasteiger partial charge is 0.333 e. The summed E-state index contributed by atoms with van der Waals surface area (Å²) in [6, 6.07) is 15.9. The molecule has 0 atom stereocenters. The fourth-order valence-electron chi connectivity index (χ4n) is 1.84. The Labute approximate surface area is 129 Å². The first-order valence-electron chi connectivity index (χ1n) is 6.73. The van der Waals surface area contributed by atoms with Gasteiger partial charge in [-0.3, -0.25) is 4.18 Å². The first-order chi connectivity index (χ1) is 10.5. The molecule has 2 aromatic rings. The van der Waals surface area contributed by atoms with Crippen LogP contribution in [0.3, 0.4) is 0 Å². The molecule has 0 aliphatic carbocycles. The molecule has 0 aliphatic heterocycles. The second-order valence-electron chi connectivity index (χ2n) is 4.41. The molecule has 0 amide bonds. The van der Waals surface area contributed by atoms with Crippen LogP contribution in [-0.4, -0.2) is 27.6 Å². The Morgan fingerprint density at radius 1 is 0.955 bits per heavy atom. The zero-order valence-electron chi connectivity index (χ0n) is 12.1. The summed E-state index contributed by atoms with van der Waals surface area (Å²) >= 11 is 0. The molecule has 0 saturated heterocycles. The Bertz CT molecular complexity index is 721. The van der Waals surface area contributed by atoms with Gasteiger partial charge in [0, 0.05) is 0 Å². The summed E-state index contributed by atoms with van der Waals surface area (Å²) in [7, 11) is -3.97. The van der Waals surface area contributed by atoms with Crippen LogP contribution in [-0.2, 0) is 23.8 Å². The molecule has 0 unspecified atom stereocenters. The monoisotopic (exact) mass is 320 g/mol. The maximum absolute atomic E-state index is 12.0. The first-order valence-corrected chi connectivity index (χ1v) is 8.14. The van der Waals surface area contributed by atoms with Crippen molar-refractivity contribution in [2.45, 2.75) is 11.8 Å². The molecule has 0 radical (unpaired) electrons. The van der Waals surface area contributed by atoms with E-state index in [0.717, 1.165) is 11.1 Å². The van der Waals surface area contributed by atoms with Crippen molar-refractivity contribution < 1.29 is 22.1 Å². The van der Waals surface area contributed by atoms with Crippen molar-refractivity contribution in [3.05, 3.63) is 54.6 Å². The second-order valence-corrected chi connectivity index (χ2v) is 6.03. The Morgan fingerprint density at radius 2 is 1.55 bits per heavy atom.